The van der Waals surface area contributed by atoms with Crippen molar-refractivity contribution in [2.45, 2.75) is 36.9 Å². The van der Waals surface area contributed by atoms with E-state index in [1.807, 2.05) is 17.9 Å². The average molecular weight is 336 g/mol. The first-order chi connectivity index (χ1) is 7.09. The van der Waals surface area contributed by atoms with Crippen LogP contribution in [0.25, 0.3) is 0 Å². The van der Waals surface area contributed by atoms with Gasteiger partial charge in [-0.05, 0) is 41.1 Å². The first-order valence-electron chi connectivity index (χ1n) is 5.41. The highest BCUT2D eigenvalue weighted by molar-refractivity contribution is 9.10. The minimum atomic E-state index is 0.630. The molecule has 1 saturated carbocycles. The third-order valence-corrected chi connectivity index (χ3v) is 4.86. The quantitative estimate of drug-likeness (QED) is 0.713. The Labute approximate surface area is 108 Å². The molecular formula is C11H16Br2N2. The molecule has 15 heavy (non-hydrogen) atoms. The van der Waals surface area contributed by atoms with Crippen molar-refractivity contribution in [2.75, 3.05) is 0 Å². The molecule has 3 atom stereocenters. The van der Waals surface area contributed by atoms with Crippen LogP contribution in [0.4, 0.5) is 0 Å². The van der Waals surface area contributed by atoms with Gasteiger partial charge in [0.1, 0.15) is 0 Å². The summed E-state index contributed by atoms with van der Waals surface area (Å²) in [6.45, 7) is 2.35. The molecular weight excluding hydrogens is 320 g/mol. The van der Waals surface area contributed by atoms with Crippen LogP contribution in [0.5, 0.6) is 0 Å². The number of hydrogen-bond donors (Lipinski definition) is 0. The lowest BCUT2D eigenvalue weighted by atomic mass is 9.78. The normalized spacial score (nSPS) is 31.9. The van der Waals surface area contributed by atoms with Crippen molar-refractivity contribution in [1.29, 1.82) is 0 Å². The summed E-state index contributed by atoms with van der Waals surface area (Å²) < 4.78 is 3.17. The maximum atomic E-state index is 4.31. The molecule has 1 heterocycles. The largest absolute Gasteiger partial charge is 0.271 e. The lowest BCUT2D eigenvalue weighted by Gasteiger charge is -2.32. The Kier molecular flexibility index (Phi) is 3.56. The van der Waals surface area contributed by atoms with E-state index in [0.717, 1.165) is 10.4 Å². The third-order valence-electron chi connectivity index (χ3n) is 3.42. The fourth-order valence-electron chi connectivity index (χ4n) is 2.49. The average Bonchev–Trinajstić information content (AvgIpc) is 2.51. The molecule has 3 unspecified atom stereocenters. The molecule has 0 bridgehead atoms. The molecule has 0 aliphatic heterocycles. The molecule has 2 nitrogen and oxygen atoms in total. The number of alkyl halides is 1. The number of halogens is 2. The summed E-state index contributed by atoms with van der Waals surface area (Å²) >= 11 is 7.35. The van der Waals surface area contributed by atoms with E-state index < -0.39 is 0 Å². The number of aromatic nitrogens is 2. The van der Waals surface area contributed by atoms with Gasteiger partial charge < -0.3 is 0 Å². The van der Waals surface area contributed by atoms with Crippen LogP contribution in [0, 0.1) is 5.92 Å². The molecule has 0 spiro atoms. The number of aryl methyl sites for hydroxylation is 1. The van der Waals surface area contributed by atoms with Crippen LogP contribution in [0.15, 0.2) is 10.7 Å². The second kappa shape index (κ2) is 4.58. The first-order valence-corrected chi connectivity index (χ1v) is 7.12. The van der Waals surface area contributed by atoms with Gasteiger partial charge in [0, 0.05) is 17.8 Å². The maximum Gasteiger partial charge on any atom is 0.0635 e. The molecule has 1 fully saturated rings. The smallest absolute Gasteiger partial charge is 0.0635 e. The molecule has 4 heteroatoms. The lowest BCUT2D eigenvalue weighted by molar-refractivity contribution is 0.326. The van der Waals surface area contributed by atoms with Crippen LogP contribution in [0.1, 0.15) is 37.8 Å². The minimum Gasteiger partial charge on any atom is -0.271 e. The summed E-state index contributed by atoms with van der Waals surface area (Å²) in [4.78, 5) is 0.667. The van der Waals surface area contributed by atoms with Crippen LogP contribution in [0.2, 0.25) is 0 Å². The van der Waals surface area contributed by atoms with E-state index in [1.165, 1.54) is 25.0 Å². The fraction of sp³-hybridized carbons (Fsp3) is 0.727. The lowest BCUT2D eigenvalue weighted by Crippen LogP contribution is -2.23. The van der Waals surface area contributed by atoms with E-state index in [4.69, 9.17) is 0 Å². The molecule has 0 amide bonds. The molecule has 0 aromatic carbocycles. The number of hydrogen-bond acceptors (Lipinski definition) is 1. The van der Waals surface area contributed by atoms with Crippen LogP contribution >= 0.6 is 31.9 Å². The van der Waals surface area contributed by atoms with E-state index in [-0.39, 0.29) is 0 Å². The summed E-state index contributed by atoms with van der Waals surface area (Å²) in [5, 5.41) is 4.31. The Bertz CT molecular complexity index is 329. The van der Waals surface area contributed by atoms with Crippen LogP contribution < -0.4 is 0 Å². The summed E-state index contributed by atoms with van der Waals surface area (Å²) in [5.74, 6) is 1.38. The van der Waals surface area contributed by atoms with Crippen LogP contribution in [-0.4, -0.2) is 14.6 Å². The second-order valence-corrected chi connectivity index (χ2v) is 6.64. The third kappa shape index (κ3) is 2.31. The predicted molar refractivity (Wildman–Crippen MR) is 69.4 cm³/mol. The van der Waals surface area contributed by atoms with Gasteiger partial charge in [0.25, 0.3) is 0 Å². The Morgan fingerprint density at radius 1 is 1.47 bits per heavy atom. The molecule has 1 aliphatic rings. The van der Waals surface area contributed by atoms with Gasteiger partial charge in [0.2, 0.25) is 0 Å². The Hall–Kier alpha value is 0.170. The van der Waals surface area contributed by atoms with Crippen molar-refractivity contribution < 1.29 is 0 Å². The highest BCUT2D eigenvalue weighted by Gasteiger charge is 2.30. The monoisotopic (exact) mass is 334 g/mol. The summed E-state index contributed by atoms with van der Waals surface area (Å²) in [6.07, 6.45) is 5.73. The van der Waals surface area contributed by atoms with E-state index in [1.54, 1.807) is 0 Å². The van der Waals surface area contributed by atoms with Gasteiger partial charge in [-0.2, -0.15) is 5.10 Å². The molecule has 1 aromatic heterocycles. The van der Waals surface area contributed by atoms with E-state index in [9.17, 15) is 0 Å². The van der Waals surface area contributed by atoms with Crippen molar-refractivity contribution in [3.63, 3.8) is 0 Å². The Balaban J connectivity index is 2.28. The molecule has 1 aliphatic carbocycles. The zero-order valence-corrected chi connectivity index (χ0v) is 12.3. The van der Waals surface area contributed by atoms with Crippen LogP contribution in [-0.2, 0) is 7.05 Å². The summed E-state index contributed by atoms with van der Waals surface area (Å²) in [6, 6.07) is 0. The predicted octanol–water partition coefficient (Wildman–Crippen LogP) is 3.85. The zero-order valence-electron chi connectivity index (χ0n) is 9.08. The SMILES string of the molecule is CC1CCC(Br)CC1c1c(Br)cnn1C. The molecule has 0 N–H and O–H groups in total. The van der Waals surface area contributed by atoms with Gasteiger partial charge in [-0.3, -0.25) is 4.68 Å². The van der Waals surface area contributed by atoms with Gasteiger partial charge in [0.15, 0.2) is 0 Å². The van der Waals surface area contributed by atoms with Crippen molar-refractivity contribution in [2.24, 2.45) is 13.0 Å². The van der Waals surface area contributed by atoms with Crippen LogP contribution in [0.3, 0.4) is 0 Å². The maximum absolute atomic E-state index is 4.31. The number of nitrogens with zero attached hydrogens (tertiary/aromatic N) is 2. The van der Waals surface area contributed by atoms with Crippen molar-refractivity contribution in [1.82, 2.24) is 9.78 Å². The van der Waals surface area contributed by atoms with Crippen molar-refractivity contribution >= 4 is 31.9 Å². The molecule has 84 valence electrons. The molecule has 2 rings (SSSR count). The summed E-state index contributed by atoms with van der Waals surface area (Å²) in [7, 11) is 2.03. The minimum absolute atomic E-state index is 0.630. The number of rotatable bonds is 1. The second-order valence-electron chi connectivity index (χ2n) is 4.50. The van der Waals surface area contributed by atoms with E-state index in [0.29, 0.717) is 10.7 Å². The standard InChI is InChI=1S/C11H16Br2N2/c1-7-3-4-8(12)5-9(7)11-10(13)6-14-15(11)2/h6-9H,3-5H2,1-2H3. The van der Waals surface area contributed by atoms with E-state index in [2.05, 4.69) is 43.9 Å². The van der Waals surface area contributed by atoms with Gasteiger partial charge in [0.05, 0.1) is 16.4 Å². The van der Waals surface area contributed by atoms with Crippen molar-refractivity contribution in [3.8, 4) is 0 Å². The Morgan fingerprint density at radius 2 is 2.20 bits per heavy atom. The first kappa shape index (κ1) is 11.6. The summed E-state index contributed by atoms with van der Waals surface area (Å²) in [5.41, 5.74) is 1.35. The van der Waals surface area contributed by atoms with Gasteiger partial charge in [-0.25, -0.2) is 0 Å². The van der Waals surface area contributed by atoms with Crippen molar-refractivity contribution in [3.05, 3.63) is 16.4 Å². The highest BCUT2D eigenvalue weighted by Crippen LogP contribution is 2.42. The highest BCUT2D eigenvalue weighted by atomic mass is 79.9. The van der Waals surface area contributed by atoms with Gasteiger partial charge in [-0.1, -0.05) is 22.9 Å². The van der Waals surface area contributed by atoms with E-state index >= 15 is 0 Å². The zero-order chi connectivity index (χ0) is 11.0. The topological polar surface area (TPSA) is 17.8 Å². The molecule has 1 aromatic rings. The molecule has 0 radical (unpaired) electrons. The molecule has 0 saturated heterocycles. The Morgan fingerprint density at radius 3 is 2.80 bits per heavy atom. The van der Waals surface area contributed by atoms with Gasteiger partial charge >= 0.3 is 0 Å². The fourth-order valence-corrected chi connectivity index (χ4v) is 3.80. The van der Waals surface area contributed by atoms with Gasteiger partial charge in [-0.15, -0.1) is 0 Å².